The molecule has 1 heterocycles. The van der Waals surface area contributed by atoms with Crippen molar-refractivity contribution >= 4 is 5.91 Å². The molecule has 0 aromatic carbocycles. The molecule has 0 spiro atoms. The molecule has 2 rings (SSSR count). The number of rotatable bonds is 5. The molecule has 1 aromatic rings. The quantitative estimate of drug-likeness (QED) is 0.816. The minimum atomic E-state index is -0.129. The van der Waals surface area contributed by atoms with Crippen LogP contribution in [0.15, 0.2) is 12.5 Å². The number of nitrogens with two attached hydrogens (primary N) is 1. The fourth-order valence-electron chi connectivity index (χ4n) is 1.97. The van der Waals surface area contributed by atoms with E-state index in [0.717, 1.165) is 5.69 Å². The predicted molar refractivity (Wildman–Crippen MR) is 69.2 cm³/mol. The summed E-state index contributed by atoms with van der Waals surface area (Å²) >= 11 is 0. The lowest BCUT2D eigenvalue weighted by molar-refractivity contribution is 0.0948. The van der Waals surface area contributed by atoms with Crippen LogP contribution in [0, 0.1) is 5.92 Å². The fourth-order valence-corrected chi connectivity index (χ4v) is 1.97. The molecule has 1 aromatic heterocycles. The zero-order valence-electron chi connectivity index (χ0n) is 10.9. The Hall–Kier alpha value is -1.49. The molecular formula is C13H20N4O. The molecule has 5 nitrogen and oxygen atoms in total. The number of carbonyl (C=O) groups is 1. The van der Waals surface area contributed by atoms with Crippen LogP contribution in [0.4, 0.5) is 0 Å². The molecule has 1 amide bonds. The third kappa shape index (κ3) is 3.04. The van der Waals surface area contributed by atoms with Gasteiger partial charge in [0.1, 0.15) is 6.33 Å². The highest BCUT2D eigenvalue weighted by Gasteiger charge is 2.28. The molecule has 0 aliphatic heterocycles. The lowest BCUT2D eigenvalue weighted by atomic mass is 10.0. The second-order valence-electron chi connectivity index (χ2n) is 5.19. The molecule has 1 unspecified atom stereocenters. The first kappa shape index (κ1) is 13.0. The zero-order valence-corrected chi connectivity index (χ0v) is 10.9. The van der Waals surface area contributed by atoms with Gasteiger partial charge in [-0.1, -0.05) is 13.8 Å². The van der Waals surface area contributed by atoms with Crippen molar-refractivity contribution in [1.82, 2.24) is 15.3 Å². The number of amides is 1. The van der Waals surface area contributed by atoms with E-state index in [2.05, 4.69) is 15.3 Å². The topological polar surface area (TPSA) is 80.9 Å². The van der Waals surface area contributed by atoms with E-state index in [-0.39, 0.29) is 17.9 Å². The fraction of sp³-hybridized carbons (Fsp3) is 0.615. The Morgan fingerprint density at radius 1 is 1.56 bits per heavy atom. The normalized spacial score (nSPS) is 16.7. The first-order chi connectivity index (χ1) is 8.59. The van der Waals surface area contributed by atoms with Crippen LogP contribution in [0.3, 0.4) is 0 Å². The Labute approximate surface area is 107 Å². The summed E-state index contributed by atoms with van der Waals surface area (Å²) in [7, 11) is 0. The van der Waals surface area contributed by atoms with Gasteiger partial charge in [0, 0.05) is 18.8 Å². The largest absolute Gasteiger partial charge is 0.350 e. The van der Waals surface area contributed by atoms with Gasteiger partial charge in [0.05, 0.1) is 11.3 Å². The molecule has 1 fully saturated rings. The van der Waals surface area contributed by atoms with Gasteiger partial charge in [0.25, 0.3) is 5.91 Å². The van der Waals surface area contributed by atoms with Gasteiger partial charge in [-0.2, -0.15) is 0 Å². The lowest BCUT2D eigenvalue weighted by Crippen LogP contribution is -2.39. The first-order valence-corrected chi connectivity index (χ1v) is 6.43. The Balaban J connectivity index is 1.99. The van der Waals surface area contributed by atoms with Gasteiger partial charge in [-0.3, -0.25) is 4.79 Å². The van der Waals surface area contributed by atoms with E-state index in [0.29, 0.717) is 18.0 Å². The van der Waals surface area contributed by atoms with Crippen LogP contribution in [-0.4, -0.2) is 28.5 Å². The van der Waals surface area contributed by atoms with Crippen molar-refractivity contribution in [3.05, 3.63) is 23.8 Å². The SMILES string of the molecule is CC(C)c1ncncc1C(=O)NCC(N)C1CC1. The summed E-state index contributed by atoms with van der Waals surface area (Å²) in [6.07, 6.45) is 5.41. The molecule has 1 saturated carbocycles. The molecule has 1 aliphatic carbocycles. The van der Waals surface area contributed by atoms with Crippen molar-refractivity contribution in [3.8, 4) is 0 Å². The van der Waals surface area contributed by atoms with Crippen LogP contribution < -0.4 is 11.1 Å². The number of nitrogens with one attached hydrogen (secondary N) is 1. The summed E-state index contributed by atoms with van der Waals surface area (Å²) in [5, 5.41) is 2.87. The highest BCUT2D eigenvalue weighted by Crippen LogP contribution is 2.31. The molecular weight excluding hydrogens is 228 g/mol. The summed E-state index contributed by atoms with van der Waals surface area (Å²) in [6.45, 7) is 4.54. The van der Waals surface area contributed by atoms with Crippen LogP contribution in [0.5, 0.6) is 0 Å². The van der Waals surface area contributed by atoms with Crippen molar-refractivity contribution in [1.29, 1.82) is 0 Å². The maximum Gasteiger partial charge on any atom is 0.254 e. The van der Waals surface area contributed by atoms with E-state index in [1.165, 1.54) is 19.2 Å². The molecule has 1 atom stereocenters. The number of hydrogen-bond donors (Lipinski definition) is 2. The van der Waals surface area contributed by atoms with Gasteiger partial charge in [-0.05, 0) is 24.7 Å². The monoisotopic (exact) mass is 248 g/mol. The van der Waals surface area contributed by atoms with Gasteiger partial charge in [0.2, 0.25) is 0 Å². The molecule has 3 N–H and O–H groups in total. The number of aromatic nitrogens is 2. The standard InChI is InChI=1S/C13H20N4O/c1-8(2)12-10(5-15-7-17-12)13(18)16-6-11(14)9-3-4-9/h5,7-9,11H,3-4,6,14H2,1-2H3,(H,16,18). The van der Waals surface area contributed by atoms with E-state index < -0.39 is 0 Å². The van der Waals surface area contributed by atoms with E-state index >= 15 is 0 Å². The number of hydrogen-bond acceptors (Lipinski definition) is 4. The van der Waals surface area contributed by atoms with E-state index in [4.69, 9.17) is 5.73 Å². The summed E-state index contributed by atoms with van der Waals surface area (Å²) < 4.78 is 0. The molecule has 0 radical (unpaired) electrons. The minimum absolute atomic E-state index is 0.0704. The predicted octanol–water partition coefficient (Wildman–Crippen LogP) is 1.07. The second-order valence-corrected chi connectivity index (χ2v) is 5.19. The van der Waals surface area contributed by atoms with Crippen molar-refractivity contribution in [2.24, 2.45) is 11.7 Å². The lowest BCUT2D eigenvalue weighted by Gasteiger charge is -2.14. The van der Waals surface area contributed by atoms with Gasteiger partial charge >= 0.3 is 0 Å². The zero-order chi connectivity index (χ0) is 13.1. The highest BCUT2D eigenvalue weighted by atomic mass is 16.1. The molecule has 0 bridgehead atoms. The third-order valence-electron chi connectivity index (χ3n) is 3.26. The van der Waals surface area contributed by atoms with Crippen molar-refractivity contribution in [2.75, 3.05) is 6.54 Å². The van der Waals surface area contributed by atoms with Crippen LogP contribution in [0.1, 0.15) is 48.7 Å². The maximum atomic E-state index is 12.1. The van der Waals surface area contributed by atoms with Gasteiger partial charge in [-0.15, -0.1) is 0 Å². The Morgan fingerprint density at radius 3 is 2.89 bits per heavy atom. The third-order valence-corrected chi connectivity index (χ3v) is 3.26. The second kappa shape index (κ2) is 5.44. The molecule has 1 aliphatic rings. The van der Waals surface area contributed by atoms with Crippen LogP contribution in [0.25, 0.3) is 0 Å². The molecule has 18 heavy (non-hydrogen) atoms. The summed E-state index contributed by atoms with van der Waals surface area (Å²) in [5.41, 5.74) is 7.29. The average molecular weight is 248 g/mol. The molecule has 98 valence electrons. The molecule has 0 saturated heterocycles. The van der Waals surface area contributed by atoms with Crippen LogP contribution >= 0.6 is 0 Å². The Kier molecular flexibility index (Phi) is 3.91. The average Bonchev–Trinajstić information content (AvgIpc) is 3.19. The summed E-state index contributed by atoms with van der Waals surface area (Å²) in [6, 6.07) is 0.0704. The number of nitrogens with zero attached hydrogens (tertiary/aromatic N) is 2. The summed E-state index contributed by atoms with van der Waals surface area (Å²) in [4.78, 5) is 20.2. The van der Waals surface area contributed by atoms with Crippen LogP contribution in [-0.2, 0) is 0 Å². The van der Waals surface area contributed by atoms with E-state index in [9.17, 15) is 4.79 Å². The molecule has 5 heteroatoms. The Bertz CT molecular complexity index is 429. The Morgan fingerprint density at radius 2 is 2.28 bits per heavy atom. The van der Waals surface area contributed by atoms with E-state index in [1.807, 2.05) is 13.8 Å². The van der Waals surface area contributed by atoms with Crippen molar-refractivity contribution < 1.29 is 4.79 Å². The van der Waals surface area contributed by atoms with Crippen molar-refractivity contribution in [3.63, 3.8) is 0 Å². The first-order valence-electron chi connectivity index (χ1n) is 6.43. The number of carbonyl (C=O) groups excluding carboxylic acids is 1. The summed E-state index contributed by atoms with van der Waals surface area (Å²) in [5.74, 6) is 0.656. The maximum absolute atomic E-state index is 12.1. The van der Waals surface area contributed by atoms with Gasteiger partial charge < -0.3 is 11.1 Å². The van der Waals surface area contributed by atoms with E-state index in [1.54, 1.807) is 6.20 Å². The highest BCUT2D eigenvalue weighted by molar-refractivity contribution is 5.95. The van der Waals surface area contributed by atoms with Gasteiger partial charge in [-0.25, -0.2) is 9.97 Å². The minimum Gasteiger partial charge on any atom is -0.350 e. The smallest absolute Gasteiger partial charge is 0.254 e. The van der Waals surface area contributed by atoms with Crippen molar-refractivity contribution in [2.45, 2.75) is 38.6 Å². The van der Waals surface area contributed by atoms with Crippen LogP contribution in [0.2, 0.25) is 0 Å². The van der Waals surface area contributed by atoms with Gasteiger partial charge in [0.15, 0.2) is 0 Å².